The van der Waals surface area contributed by atoms with E-state index in [-0.39, 0.29) is 18.7 Å². The van der Waals surface area contributed by atoms with Gasteiger partial charge in [0.05, 0.1) is 12.6 Å². The molecule has 0 radical (unpaired) electrons. The number of aliphatic hydroxyl groups is 1. The van der Waals surface area contributed by atoms with Crippen LogP contribution in [0.1, 0.15) is 23.6 Å². The monoisotopic (exact) mass is 342 g/mol. The van der Waals surface area contributed by atoms with Gasteiger partial charge in [0, 0.05) is 12.7 Å². The average molecular weight is 342 g/mol. The second-order valence-electron chi connectivity index (χ2n) is 6.33. The quantitative estimate of drug-likeness (QED) is 0.841. The van der Waals surface area contributed by atoms with Crippen molar-refractivity contribution in [3.05, 3.63) is 59.2 Å². The Balaban J connectivity index is 1.99. The van der Waals surface area contributed by atoms with Crippen LogP contribution in [0.15, 0.2) is 42.5 Å². The average Bonchev–Trinajstić information content (AvgIpc) is 2.60. The van der Waals surface area contributed by atoms with E-state index < -0.39 is 0 Å². The van der Waals surface area contributed by atoms with Crippen LogP contribution in [0.2, 0.25) is 0 Å². The van der Waals surface area contributed by atoms with Crippen LogP contribution in [0.5, 0.6) is 5.75 Å². The summed E-state index contributed by atoms with van der Waals surface area (Å²) in [6.07, 6.45) is 0. The maximum Gasteiger partial charge on any atom is 0.321 e. The first-order valence-electron chi connectivity index (χ1n) is 8.34. The molecule has 0 bridgehead atoms. The molecule has 1 unspecified atom stereocenters. The van der Waals surface area contributed by atoms with Gasteiger partial charge >= 0.3 is 6.03 Å². The number of hydrogen-bond acceptors (Lipinski definition) is 3. The van der Waals surface area contributed by atoms with Crippen LogP contribution in [-0.2, 0) is 6.61 Å². The summed E-state index contributed by atoms with van der Waals surface area (Å²) in [7, 11) is 1.66. The summed E-state index contributed by atoms with van der Waals surface area (Å²) >= 11 is 0. The molecule has 134 valence electrons. The third kappa shape index (κ3) is 5.22. The molecule has 0 aliphatic carbocycles. The molecule has 0 saturated carbocycles. The lowest BCUT2D eigenvalue weighted by Crippen LogP contribution is -2.40. The third-order valence-corrected chi connectivity index (χ3v) is 4.17. The fraction of sp³-hybridized carbons (Fsp3) is 0.350. The lowest BCUT2D eigenvalue weighted by molar-refractivity contribution is 0.166. The Labute approximate surface area is 149 Å². The standard InChI is InChI=1S/C20H26N2O3/c1-14-6-5-7-17(10-14)13-25-18-8-9-19(15(2)11-18)21-20(24)22(4)16(3)12-23/h5-11,16,23H,12-13H2,1-4H3,(H,21,24). The lowest BCUT2D eigenvalue weighted by atomic mass is 10.1. The van der Waals surface area contributed by atoms with E-state index in [1.54, 1.807) is 14.0 Å². The zero-order chi connectivity index (χ0) is 18.4. The van der Waals surface area contributed by atoms with E-state index in [1.165, 1.54) is 10.5 Å². The molecular weight excluding hydrogens is 316 g/mol. The van der Waals surface area contributed by atoms with Gasteiger partial charge in [-0.2, -0.15) is 0 Å². The first-order valence-corrected chi connectivity index (χ1v) is 8.34. The summed E-state index contributed by atoms with van der Waals surface area (Å²) in [6, 6.07) is 13.3. The molecule has 0 fully saturated rings. The minimum absolute atomic E-state index is 0.0748. The molecule has 2 aromatic rings. The number of amides is 2. The Kier molecular flexibility index (Phi) is 6.42. The van der Waals surface area contributed by atoms with E-state index in [0.717, 1.165) is 22.6 Å². The van der Waals surface area contributed by atoms with Gasteiger partial charge in [-0.15, -0.1) is 0 Å². The second kappa shape index (κ2) is 8.53. The van der Waals surface area contributed by atoms with Crippen LogP contribution < -0.4 is 10.1 Å². The molecule has 2 aromatic carbocycles. The van der Waals surface area contributed by atoms with E-state index in [9.17, 15) is 4.79 Å². The highest BCUT2D eigenvalue weighted by Crippen LogP contribution is 2.22. The predicted octanol–water partition coefficient (Wildman–Crippen LogP) is 3.73. The van der Waals surface area contributed by atoms with Crippen LogP contribution >= 0.6 is 0 Å². The van der Waals surface area contributed by atoms with Crippen molar-refractivity contribution in [1.29, 1.82) is 0 Å². The third-order valence-electron chi connectivity index (χ3n) is 4.17. The van der Waals surface area contributed by atoms with E-state index in [4.69, 9.17) is 9.84 Å². The maximum atomic E-state index is 12.2. The molecule has 0 aromatic heterocycles. The number of benzene rings is 2. The van der Waals surface area contributed by atoms with Gasteiger partial charge in [-0.25, -0.2) is 4.79 Å². The van der Waals surface area contributed by atoms with Crippen LogP contribution in [0.25, 0.3) is 0 Å². The summed E-state index contributed by atoms with van der Waals surface area (Å²) in [4.78, 5) is 13.6. The lowest BCUT2D eigenvalue weighted by Gasteiger charge is -2.24. The Hall–Kier alpha value is -2.53. The van der Waals surface area contributed by atoms with Gasteiger partial charge in [0.2, 0.25) is 0 Å². The van der Waals surface area contributed by atoms with Gasteiger partial charge in [0.1, 0.15) is 12.4 Å². The molecule has 25 heavy (non-hydrogen) atoms. The SMILES string of the molecule is Cc1cccc(COc2ccc(NC(=O)N(C)C(C)CO)c(C)c2)c1. The highest BCUT2D eigenvalue weighted by Gasteiger charge is 2.15. The molecule has 5 heteroatoms. The molecule has 2 amide bonds. The Bertz CT molecular complexity index is 731. The van der Waals surface area contributed by atoms with Crippen molar-refractivity contribution < 1.29 is 14.6 Å². The van der Waals surface area contributed by atoms with Crippen LogP contribution in [0.3, 0.4) is 0 Å². The summed E-state index contributed by atoms with van der Waals surface area (Å²) in [5, 5.41) is 12.0. The van der Waals surface area contributed by atoms with E-state index in [0.29, 0.717) is 6.61 Å². The van der Waals surface area contributed by atoms with Gasteiger partial charge in [0.25, 0.3) is 0 Å². The zero-order valence-electron chi connectivity index (χ0n) is 15.2. The molecule has 2 N–H and O–H groups in total. The van der Waals surface area contributed by atoms with E-state index >= 15 is 0 Å². The molecule has 0 aliphatic rings. The number of carbonyl (C=O) groups is 1. The van der Waals surface area contributed by atoms with E-state index in [1.807, 2.05) is 37.3 Å². The summed E-state index contributed by atoms with van der Waals surface area (Å²) in [6.45, 7) is 6.19. The van der Waals surface area contributed by atoms with Gasteiger partial charge in [-0.05, 0) is 50.1 Å². The topological polar surface area (TPSA) is 61.8 Å². The first kappa shape index (κ1) is 18.8. The van der Waals surface area contributed by atoms with Crippen molar-refractivity contribution in [3.8, 4) is 5.75 Å². The van der Waals surface area contributed by atoms with Gasteiger partial charge in [-0.1, -0.05) is 29.8 Å². The normalized spacial score (nSPS) is 11.7. The number of carbonyl (C=O) groups excluding carboxylic acids is 1. The Morgan fingerprint density at radius 3 is 2.64 bits per heavy atom. The second-order valence-corrected chi connectivity index (χ2v) is 6.33. The van der Waals surface area contributed by atoms with Crippen molar-refractivity contribution in [3.63, 3.8) is 0 Å². The first-order chi connectivity index (χ1) is 11.9. The molecule has 0 saturated heterocycles. The fourth-order valence-electron chi connectivity index (χ4n) is 2.36. The number of ether oxygens (including phenoxy) is 1. The molecule has 0 aliphatic heterocycles. The number of hydrogen-bond donors (Lipinski definition) is 2. The minimum Gasteiger partial charge on any atom is -0.489 e. The molecule has 1 atom stereocenters. The highest BCUT2D eigenvalue weighted by atomic mass is 16.5. The number of likely N-dealkylation sites (N-methyl/N-ethyl adjacent to an activating group) is 1. The van der Waals surface area contributed by atoms with Gasteiger partial charge < -0.3 is 20.1 Å². The molecule has 0 spiro atoms. The summed E-state index contributed by atoms with van der Waals surface area (Å²) < 4.78 is 5.83. The Morgan fingerprint density at radius 1 is 1.24 bits per heavy atom. The smallest absolute Gasteiger partial charge is 0.321 e. The number of nitrogens with zero attached hydrogens (tertiary/aromatic N) is 1. The maximum absolute atomic E-state index is 12.2. The number of rotatable bonds is 6. The number of anilines is 1. The van der Waals surface area contributed by atoms with Crippen molar-refractivity contribution in [2.75, 3.05) is 19.0 Å². The van der Waals surface area contributed by atoms with Gasteiger partial charge in [0.15, 0.2) is 0 Å². The van der Waals surface area contributed by atoms with Crippen LogP contribution in [-0.4, -0.2) is 35.7 Å². The zero-order valence-corrected chi connectivity index (χ0v) is 15.2. The van der Waals surface area contributed by atoms with Crippen molar-refractivity contribution in [1.82, 2.24) is 4.90 Å². The number of aryl methyl sites for hydroxylation is 2. The molecular formula is C20H26N2O3. The predicted molar refractivity (Wildman–Crippen MR) is 100 cm³/mol. The van der Waals surface area contributed by atoms with Crippen molar-refractivity contribution in [2.45, 2.75) is 33.4 Å². The van der Waals surface area contributed by atoms with Gasteiger partial charge in [-0.3, -0.25) is 0 Å². The fourth-order valence-corrected chi connectivity index (χ4v) is 2.36. The van der Waals surface area contributed by atoms with Crippen molar-refractivity contribution in [2.24, 2.45) is 0 Å². The van der Waals surface area contributed by atoms with E-state index in [2.05, 4.69) is 24.4 Å². The highest BCUT2D eigenvalue weighted by molar-refractivity contribution is 5.90. The summed E-state index contributed by atoms with van der Waals surface area (Å²) in [5.41, 5.74) is 3.97. The van der Waals surface area contributed by atoms with Crippen LogP contribution in [0, 0.1) is 13.8 Å². The Morgan fingerprint density at radius 2 is 2.00 bits per heavy atom. The number of nitrogens with one attached hydrogen (secondary N) is 1. The number of aliphatic hydroxyl groups excluding tert-OH is 1. The summed E-state index contributed by atoms with van der Waals surface area (Å²) in [5.74, 6) is 0.758. The number of urea groups is 1. The van der Waals surface area contributed by atoms with Crippen molar-refractivity contribution >= 4 is 11.7 Å². The molecule has 5 nitrogen and oxygen atoms in total. The largest absolute Gasteiger partial charge is 0.489 e. The van der Waals surface area contributed by atoms with Crippen LogP contribution in [0.4, 0.5) is 10.5 Å². The minimum atomic E-state index is -0.252. The molecule has 2 rings (SSSR count). The molecule has 0 heterocycles.